The Hall–Kier alpha value is -2.36. The van der Waals surface area contributed by atoms with E-state index in [4.69, 9.17) is 4.74 Å². The summed E-state index contributed by atoms with van der Waals surface area (Å²) in [6.07, 6.45) is 3.30. The normalized spacial score (nSPS) is 25.8. The molecule has 1 N–H and O–H groups in total. The number of Topliss-reactive ketones (excluding diaryl/α,β-unsaturated/α-hetero) is 1. The van der Waals surface area contributed by atoms with Gasteiger partial charge in [-0.25, -0.2) is 0 Å². The van der Waals surface area contributed by atoms with E-state index in [0.29, 0.717) is 16.9 Å². The van der Waals surface area contributed by atoms with Crippen molar-refractivity contribution in [3.05, 3.63) is 52.8 Å². The van der Waals surface area contributed by atoms with E-state index < -0.39 is 16.6 Å². The maximum atomic E-state index is 12.5. The van der Waals surface area contributed by atoms with Crippen molar-refractivity contribution in [1.29, 1.82) is 0 Å². The molecule has 4 heteroatoms. The Morgan fingerprint density at radius 1 is 1.14 bits per heavy atom. The van der Waals surface area contributed by atoms with Gasteiger partial charge in [0.25, 0.3) is 0 Å². The molecular formula is C18H18O4. The summed E-state index contributed by atoms with van der Waals surface area (Å²) in [7, 11) is 1.56. The molecule has 0 aromatic heterocycles. The van der Waals surface area contributed by atoms with Crippen LogP contribution in [0.25, 0.3) is 0 Å². The third-order valence-electron chi connectivity index (χ3n) is 4.81. The standard InChI is InChI=1S/C18H18O4/c1-17(2)13(19)7-8-18(3)12-9-10(22-4)5-6-11(12)14(20)15(21)16(17)18/h5-9,21H,1-4H3/t18-/m0/s1. The summed E-state index contributed by atoms with van der Waals surface area (Å²) >= 11 is 0. The number of fused-ring (bicyclic) bond motifs is 3. The Labute approximate surface area is 129 Å². The summed E-state index contributed by atoms with van der Waals surface area (Å²) in [4.78, 5) is 24.8. The molecule has 0 saturated carbocycles. The molecule has 2 aliphatic carbocycles. The maximum absolute atomic E-state index is 12.5. The molecule has 2 aliphatic rings. The molecule has 0 saturated heterocycles. The topological polar surface area (TPSA) is 63.6 Å². The van der Waals surface area contributed by atoms with Crippen LogP contribution in [0.2, 0.25) is 0 Å². The van der Waals surface area contributed by atoms with Crippen LogP contribution < -0.4 is 4.74 Å². The highest BCUT2D eigenvalue weighted by Gasteiger charge is 2.51. The first-order valence-electron chi connectivity index (χ1n) is 7.14. The van der Waals surface area contributed by atoms with Crippen LogP contribution in [0.4, 0.5) is 0 Å². The molecule has 3 rings (SSSR count). The highest BCUT2D eigenvalue weighted by molar-refractivity contribution is 6.13. The smallest absolute Gasteiger partial charge is 0.227 e. The number of methoxy groups -OCH3 is 1. The number of carbonyl (C=O) groups is 2. The molecule has 1 aromatic carbocycles. The number of aliphatic hydroxyl groups excluding tert-OH is 1. The summed E-state index contributed by atoms with van der Waals surface area (Å²) in [5, 5.41) is 10.5. The van der Waals surface area contributed by atoms with Gasteiger partial charge in [0.2, 0.25) is 5.78 Å². The molecule has 114 valence electrons. The zero-order chi connectivity index (χ0) is 16.3. The second kappa shape index (κ2) is 4.32. The van der Waals surface area contributed by atoms with Crippen LogP contribution >= 0.6 is 0 Å². The molecule has 1 aromatic rings. The molecule has 0 unspecified atom stereocenters. The lowest BCUT2D eigenvalue weighted by atomic mass is 9.57. The molecule has 0 radical (unpaired) electrons. The summed E-state index contributed by atoms with van der Waals surface area (Å²) in [5.41, 5.74) is 0.0163. The third kappa shape index (κ3) is 1.64. The van der Waals surface area contributed by atoms with Crippen molar-refractivity contribution in [3.8, 4) is 5.75 Å². The van der Waals surface area contributed by atoms with Crippen LogP contribution in [0.3, 0.4) is 0 Å². The van der Waals surface area contributed by atoms with Crippen molar-refractivity contribution in [2.24, 2.45) is 5.41 Å². The van der Waals surface area contributed by atoms with Gasteiger partial charge < -0.3 is 9.84 Å². The molecule has 0 spiro atoms. The van der Waals surface area contributed by atoms with Gasteiger partial charge in [0, 0.05) is 16.6 Å². The van der Waals surface area contributed by atoms with Crippen LogP contribution in [-0.2, 0) is 10.2 Å². The van der Waals surface area contributed by atoms with E-state index in [1.807, 2.05) is 6.92 Å². The van der Waals surface area contributed by atoms with E-state index in [1.165, 1.54) is 6.08 Å². The molecule has 0 heterocycles. The van der Waals surface area contributed by atoms with Gasteiger partial charge in [-0.05, 0) is 50.6 Å². The summed E-state index contributed by atoms with van der Waals surface area (Å²) < 4.78 is 5.26. The minimum absolute atomic E-state index is 0.120. The summed E-state index contributed by atoms with van der Waals surface area (Å²) in [6, 6.07) is 5.16. The fraction of sp³-hybridized carbons (Fsp3) is 0.333. The maximum Gasteiger partial charge on any atom is 0.227 e. The van der Waals surface area contributed by atoms with Crippen molar-refractivity contribution in [2.45, 2.75) is 26.2 Å². The highest BCUT2D eigenvalue weighted by Crippen LogP contribution is 2.52. The molecule has 0 fully saturated rings. The Bertz CT molecular complexity index is 767. The van der Waals surface area contributed by atoms with Gasteiger partial charge in [-0.1, -0.05) is 6.08 Å². The molecule has 0 bridgehead atoms. The van der Waals surface area contributed by atoms with Gasteiger partial charge in [-0.3, -0.25) is 9.59 Å². The predicted molar refractivity (Wildman–Crippen MR) is 82.3 cm³/mol. The molecule has 22 heavy (non-hydrogen) atoms. The lowest BCUT2D eigenvalue weighted by Gasteiger charge is -2.44. The quantitative estimate of drug-likeness (QED) is 0.865. The first kappa shape index (κ1) is 14.6. The van der Waals surface area contributed by atoms with Crippen LogP contribution in [-0.4, -0.2) is 23.8 Å². The number of hydrogen-bond donors (Lipinski definition) is 1. The van der Waals surface area contributed by atoms with Gasteiger partial charge in [0.15, 0.2) is 11.5 Å². The second-order valence-corrected chi connectivity index (χ2v) is 6.49. The Morgan fingerprint density at radius 2 is 1.82 bits per heavy atom. The van der Waals surface area contributed by atoms with E-state index in [0.717, 1.165) is 5.56 Å². The number of benzene rings is 1. The van der Waals surface area contributed by atoms with E-state index in [2.05, 4.69) is 0 Å². The SMILES string of the molecule is COc1ccc2c(c1)[C@]1(C)C=CC(=O)C(C)(C)C1=C(O)C2=O. The van der Waals surface area contributed by atoms with Crippen LogP contribution in [0, 0.1) is 5.41 Å². The average Bonchev–Trinajstić information content (AvgIpc) is 2.48. The molecule has 1 atom stereocenters. The number of ether oxygens (including phenoxy) is 1. The zero-order valence-electron chi connectivity index (χ0n) is 13.1. The Kier molecular flexibility index (Phi) is 2.86. The van der Waals surface area contributed by atoms with Crippen molar-refractivity contribution < 1.29 is 19.4 Å². The van der Waals surface area contributed by atoms with Gasteiger partial charge in [0.05, 0.1) is 12.5 Å². The molecular weight excluding hydrogens is 280 g/mol. The first-order valence-corrected chi connectivity index (χ1v) is 7.14. The van der Waals surface area contributed by atoms with Crippen molar-refractivity contribution in [2.75, 3.05) is 7.11 Å². The number of hydrogen-bond acceptors (Lipinski definition) is 4. The number of allylic oxidation sites excluding steroid dienone is 4. The van der Waals surface area contributed by atoms with Crippen LogP contribution in [0.5, 0.6) is 5.75 Å². The summed E-state index contributed by atoms with van der Waals surface area (Å²) in [5.74, 6) is -0.244. The minimum Gasteiger partial charge on any atom is -0.504 e. The van der Waals surface area contributed by atoms with E-state index >= 15 is 0 Å². The molecule has 4 nitrogen and oxygen atoms in total. The van der Waals surface area contributed by atoms with Crippen molar-refractivity contribution >= 4 is 11.6 Å². The largest absolute Gasteiger partial charge is 0.504 e. The van der Waals surface area contributed by atoms with E-state index in [-0.39, 0.29) is 11.5 Å². The monoisotopic (exact) mass is 298 g/mol. The van der Waals surface area contributed by atoms with E-state index in [9.17, 15) is 14.7 Å². The minimum atomic E-state index is -0.927. The number of ketones is 2. The Balaban J connectivity index is 2.39. The van der Waals surface area contributed by atoms with Gasteiger partial charge >= 0.3 is 0 Å². The van der Waals surface area contributed by atoms with Gasteiger partial charge in [0.1, 0.15) is 5.75 Å². The molecule has 0 amide bonds. The van der Waals surface area contributed by atoms with Crippen molar-refractivity contribution in [3.63, 3.8) is 0 Å². The lowest BCUT2D eigenvalue weighted by Crippen LogP contribution is -2.44. The number of carbonyl (C=O) groups excluding carboxylic acids is 2. The van der Waals surface area contributed by atoms with Crippen LogP contribution in [0.1, 0.15) is 36.7 Å². The number of aliphatic hydroxyl groups is 1. The third-order valence-corrected chi connectivity index (χ3v) is 4.81. The van der Waals surface area contributed by atoms with Crippen LogP contribution in [0.15, 0.2) is 41.7 Å². The fourth-order valence-electron chi connectivity index (χ4n) is 3.59. The van der Waals surface area contributed by atoms with Gasteiger partial charge in [-0.15, -0.1) is 0 Å². The van der Waals surface area contributed by atoms with Gasteiger partial charge in [-0.2, -0.15) is 0 Å². The zero-order valence-corrected chi connectivity index (χ0v) is 13.1. The fourth-order valence-corrected chi connectivity index (χ4v) is 3.59. The number of rotatable bonds is 1. The van der Waals surface area contributed by atoms with E-state index in [1.54, 1.807) is 45.2 Å². The first-order chi connectivity index (χ1) is 10.2. The average molecular weight is 298 g/mol. The lowest BCUT2D eigenvalue weighted by molar-refractivity contribution is -0.121. The second-order valence-electron chi connectivity index (χ2n) is 6.49. The summed E-state index contributed by atoms with van der Waals surface area (Å²) in [6.45, 7) is 5.39. The predicted octanol–water partition coefficient (Wildman–Crippen LogP) is 3.13. The molecule has 0 aliphatic heterocycles. The highest BCUT2D eigenvalue weighted by atomic mass is 16.5. The Morgan fingerprint density at radius 3 is 2.45 bits per heavy atom. The van der Waals surface area contributed by atoms with Crippen molar-refractivity contribution in [1.82, 2.24) is 0 Å².